The standard InChI is InChI=1S/C22H32N6OS/c1-18-17-30-22(24-18)28-11-2-10-27(15-16-28)21(29)25-20-6-13-26(14-7-20)12-5-19-3-8-23-9-4-19/h3-4,8-9,17,20H,2,5-7,10-16H2,1H3,(H,25,29). The van der Waals surface area contributed by atoms with Crippen LogP contribution in [0.2, 0.25) is 0 Å². The van der Waals surface area contributed by atoms with E-state index in [1.807, 2.05) is 24.2 Å². The van der Waals surface area contributed by atoms with E-state index in [1.165, 1.54) is 5.56 Å². The molecule has 2 saturated heterocycles. The van der Waals surface area contributed by atoms with E-state index in [0.29, 0.717) is 0 Å². The molecule has 4 rings (SSSR count). The zero-order valence-corrected chi connectivity index (χ0v) is 18.6. The van der Waals surface area contributed by atoms with E-state index >= 15 is 0 Å². The van der Waals surface area contributed by atoms with Crippen molar-refractivity contribution >= 4 is 22.5 Å². The lowest BCUT2D eigenvalue weighted by Crippen LogP contribution is -2.50. The van der Waals surface area contributed by atoms with E-state index in [-0.39, 0.29) is 12.1 Å². The maximum absolute atomic E-state index is 12.8. The number of nitrogens with zero attached hydrogens (tertiary/aromatic N) is 5. The van der Waals surface area contributed by atoms with Gasteiger partial charge in [-0.3, -0.25) is 4.98 Å². The predicted octanol–water partition coefficient (Wildman–Crippen LogP) is 2.78. The van der Waals surface area contributed by atoms with Crippen LogP contribution >= 0.6 is 11.3 Å². The Morgan fingerprint density at radius 1 is 1.13 bits per heavy atom. The third-order valence-corrected chi connectivity index (χ3v) is 7.06. The van der Waals surface area contributed by atoms with Gasteiger partial charge in [0.05, 0.1) is 5.69 Å². The topological polar surface area (TPSA) is 64.6 Å². The Labute approximate surface area is 183 Å². The quantitative estimate of drug-likeness (QED) is 0.793. The highest BCUT2D eigenvalue weighted by molar-refractivity contribution is 7.13. The molecule has 2 aromatic rings. The fraction of sp³-hybridized carbons (Fsp3) is 0.591. The van der Waals surface area contributed by atoms with Crippen molar-refractivity contribution in [1.82, 2.24) is 25.1 Å². The first-order chi connectivity index (χ1) is 14.7. The van der Waals surface area contributed by atoms with Crippen molar-refractivity contribution in [3.63, 3.8) is 0 Å². The van der Waals surface area contributed by atoms with Crippen molar-refractivity contribution in [2.75, 3.05) is 50.7 Å². The molecule has 2 fully saturated rings. The summed E-state index contributed by atoms with van der Waals surface area (Å²) < 4.78 is 0. The number of nitrogens with one attached hydrogen (secondary N) is 1. The number of hydrogen-bond acceptors (Lipinski definition) is 6. The Hall–Kier alpha value is -2.19. The zero-order valence-electron chi connectivity index (χ0n) is 17.8. The molecule has 2 aromatic heterocycles. The number of amides is 2. The van der Waals surface area contributed by atoms with E-state index in [0.717, 1.165) is 82.3 Å². The number of anilines is 1. The molecule has 0 atom stereocenters. The number of rotatable bonds is 5. The number of pyridine rings is 1. The van der Waals surface area contributed by atoms with Gasteiger partial charge in [-0.15, -0.1) is 11.3 Å². The largest absolute Gasteiger partial charge is 0.346 e. The molecule has 0 radical (unpaired) electrons. The van der Waals surface area contributed by atoms with Gasteiger partial charge in [0.2, 0.25) is 0 Å². The summed E-state index contributed by atoms with van der Waals surface area (Å²) in [5.74, 6) is 0. The van der Waals surface area contributed by atoms with Crippen molar-refractivity contribution in [1.29, 1.82) is 0 Å². The lowest BCUT2D eigenvalue weighted by molar-refractivity contribution is 0.174. The van der Waals surface area contributed by atoms with E-state index in [9.17, 15) is 4.79 Å². The van der Waals surface area contributed by atoms with Crippen LogP contribution in [0.5, 0.6) is 0 Å². The molecule has 0 unspecified atom stereocenters. The fourth-order valence-corrected chi connectivity index (χ4v) is 5.06. The predicted molar refractivity (Wildman–Crippen MR) is 121 cm³/mol. The van der Waals surface area contributed by atoms with E-state index in [4.69, 9.17) is 0 Å². The number of likely N-dealkylation sites (tertiary alicyclic amines) is 1. The van der Waals surface area contributed by atoms with Crippen molar-refractivity contribution in [2.24, 2.45) is 0 Å². The Bertz CT molecular complexity index is 805. The Kier molecular flexibility index (Phi) is 7.17. The van der Waals surface area contributed by atoms with Gasteiger partial charge < -0.3 is 20.0 Å². The number of carbonyl (C=O) groups is 1. The summed E-state index contributed by atoms with van der Waals surface area (Å²) in [4.78, 5) is 28.3. The summed E-state index contributed by atoms with van der Waals surface area (Å²) in [6.45, 7) is 8.60. The first-order valence-corrected chi connectivity index (χ1v) is 11.9. The molecule has 2 aliphatic rings. The SMILES string of the molecule is Cc1csc(N2CCCN(C(=O)NC3CCN(CCc4ccncc4)CC3)CC2)n1. The van der Waals surface area contributed by atoms with Crippen LogP contribution in [0.15, 0.2) is 29.9 Å². The number of aromatic nitrogens is 2. The van der Waals surface area contributed by atoms with E-state index in [1.54, 1.807) is 11.3 Å². The van der Waals surface area contributed by atoms with Crippen molar-refractivity contribution in [3.8, 4) is 0 Å². The minimum absolute atomic E-state index is 0.0994. The van der Waals surface area contributed by atoms with Crippen molar-refractivity contribution < 1.29 is 4.79 Å². The zero-order chi connectivity index (χ0) is 20.8. The highest BCUT2D eigenvalue weighted by Crippen LogP contribution is 2.21. The second kappa shape index (κ2) is 10.2. The van der Waals surface area contributed by atoms with Gasteiger partial charge in [-0.25, -0.2) is 9.78 Å². The van der Waals surface area contributed by atoms with Crippen LogP contribution in [0.3, 0.4) is 0 Å². The molecule has 0 aromatic carbocycles. The van der Waals surface area contributed by atoms with Crippen LogP contribution in [0.25, 0.3) is 0 Å². The summed E-state index contributed by atoms with van der Waals surface area (Å²) >= 11 is 1.69. The molecular weight excluding hydrogens is 396 g/mol. The van der Waals surface area contributed by atoms with Crippen LogP contribution < -0.4 is 10.2 Å². The van der Waals surface area contributed by atoms with Crippen molar-refractivity contribution in [3.05, 3.63) is 41.2 Å². The number of thiazole rings is 1. The van der Waals surface area contributed by atoms with Crippen LogP contribution in [0.4, 0.5) is 9.93 Å². The highest BCUT2D eigenvalue weighted by atomic mass is 32.1. The van der Waals surface area contributed by atoms with Gasteiger partial charge in [0.1, 0.15) is 0 Å². The molecule has 2 amide bonds. The second-order valence-corrected chi connectivity index (χ2v) is 9.11. The maximum atomic E-state index is 12.8. The molecule has 162 valence electrons. The Balaban J connectivity index is 1.18. The summed E-state index contributed by atoms with van der Waals surface area (Å²) in [6.07, 6.45) is 7.82. The van der Waals surface area contributed by atoms with Crippen LogP contribution in [0, 0.1) is 6.92 Å². The van der Waals surface area contributed by atoms with E-state index in [2.05, 4.69) is 42.6 Å². The first kappa shape index (κ1) is 21.1. The van der Waals surface area contributed by atoms with Gasteiger partial charge in [-0.1, -0.05) is 0 Å². The minimum atomic E-state index is 0.0994. The van der Waals surface area contributed by atoms with Gasteiger partial charge in [0.25, 0.3) is 0 Å². The second-order valence-electron chi connectivity index (χ2n) is 8.27. The smallest absolute Gasteiger partial charge is 0.317 e. The van der Waals surface area contributed by atoms with Gasteiger partial charge in [-0.05, 0) is 50.3 Å². The van der Waals surface area contributed by atoms with Crippen LogP contribution in [-0.2, 0) is 6.42 Å². The van der Waals surface area contributed by atoms with Crippen LogP contribution in [0.1, 0.15) is 30.5 Å². The van der Waals surface area contributed by atoms with Crippen LogP contribution in [-0.4, -0.2) is 77.7 Å². The number of aryl methyl sites for hydroxylation is 1. The average molecular weight is 429 g/mol. The molecule has 0 spiro atoms. The minimum Gasteiger partial charge on any atom is -0.346 e. The molecular formula is C22H32N6OS. The molecule has 0 bridgehead atoms. The lowest BCUT2D eigenvalue weighted by Gasteiger charge is -2.33. The molecule has 4 heterocycles. The summed E-state index contributed by atoms with van der Waals surface area (Å²) in [6, 6.07) is 4.56. The normalized spacial score (nSPS) is 19.0. The maximum Gasteiger partial charge on any atom is 0.317 e. The lowest BCUT2D eigenvalue weighted by atomic mass is 10.0. The third-order valence-electron chi connectivity index (χ3n) is 6.04. The number of hydrogen-bond donors (Lipinski definition) is 1. The fourth-order valence-electron chi connectivity index (χ4n) is 4.20. The number of carbonyl (C=O) groups excluding carboxylic acids is 1. The molecule has 0 saturated carbocycles. The molecule has 7 nitrogen and oxygen atoms in total. The molecule has 1 N–H and O–H groups in total. The van der Waals surface area contributed by atoms with Gasteiger partial charge in [-0.2, -0.15) is 0 Å². The summed E-state index contributed by atoms with van der Waals surface area (Å²) in [5, 5.41) is 6.46. The number of piperidine rings is 1. The highest BCUT2D eigenvalue weighted by Gasteiger charge is 2.25. The Morgan fingerprint density at radius 2 is 1.93 bits per heavy atom. The average Bonchev–Trinajstić information content (AvgIpc) is 3.05. The molecule has 8 heteroatoms. The number of urea groups is 1. The Morgan fingerprint density at radius 3 is 2.67 bits per heavy atom. The monoisotopic (exact) mass is 428 g/mol. The van der Waals surface area contributed by atoms with Crippen molar-refractivity contribution in [2.45, 2.75) is 38.6 Å². The molecule has 30 heavy (non-hydrogen) atoms. The summed E-state index contributed by atoms with van der Waals surface area (Å²) in [7, 11) is 0. The third kappa shape index (κ3) is 5.70. The van der Waals surface area contributed by atoms with Gasteiger partial charge in [0, 0.05) is 69.6 Å². The molecule has 0 aliphatic carbocycles. The van der Waals surface area contributed by atoms with Gasteiger partial charge in [0.15, 0.2) is 5.13 Å². The molecule has 2 aliphatic heterocycles. The summed E-state index contributed by atoms with van der Waals surface area (Å²) in [5.41, 5.74) is 2.41. The van der Waals surface area contributed by atoms with Gasteiger partial charge >= 0.3 is 6.03 Å². The first-order valence-electron chi connectivity index (χ1n) is 11.0. The van der Waals surface area contributed by atoms with E-state index < -0.39 is 0 Å².